The molecule has 0 saturated heterocycles. The number of sulfonamides is 1. The van der Waals surface area contributed by atoms with Gasteiger partial charge in [-0.3, -0.25) is 9.78 Å². The van der Waals surface area contributed by atoms with Crippen molar-refractivity contribution in [3.8, 4) is 0 Å². The largest absolute Gasteiger partial charge is 0.353 e. The van der Waals surface area contributed by atoms with E-state index in [9.17, 15) is 13.2 Å². The van der Waals surface area contributed by atoms with E-state index in [1.165, 1.54) is 18.5 Å². The molecule has 1 rings (SSSR count). The standard InChI is InChI=1S/C13H21N3O3S/c1-10(2)11(3)16-13(17)6-8-15-20(18,19)12-5-4-7-14-9-12/h4-5,7,9-11,15H,6,8H2,1-3H3,(H,16,17)/t11-/m0/s1. The lowest BCUT2D eigenvalue weighted by Gasteiger charge is -2.17. The number of carbonyl (C=O) groups excluding carboxylic acids is 1. The van der Waals surface area contributed by atoms with Crippen molar-refractivity contribution in [2.75, 3.05) is 6.54 Å². The van der Waals surface area contributed by atoms with Crippen LogP contribution in [0.5, 0.6) is 0 Å². The Morgan fingerprint density at radius 2 is 2.05 bits per heavy atom. The molecule has 0 radical (unpaired) electrons. The first kappa shape index (κ1) is 16.6. The van der Waals surface area contributed by atoms with E-state index in [1.54, 1.807) is 6.07 Å². The fourth-order valence-corrected chi connectivity index (χ4v) is 2.38. The van der Waals surface area contributed by atoms with E-state index in [-0.39, 0.29) is 29.8 Å². The summed E-state index contributed by atoms with van der Waals surface area (Å²) >= 11 is 0. The second-order valence-corrected chi connectivity index (χ2v) is 6.70. The molecule has 112 valence electrons. The minimum Gasteiger partial charge on any atom is -0.353 e. The SMILES string of the molecule is CC(C)[C@H](C)NC(=O)CCNS(=O)(=O)c1cccnc1. The molecule has 1 atom stereocenters. The molecule has 1 amide bonds. The van der Waals surface area contributed by atoms with E-state index in [1.807, 2.05) is 20.8 Å². The molecule has 0 aliphatic rings. The van der Waals surface area contributed by atoms with Gasteiger partial charge >= 0.3 is 0 Å². The molecule has 7 heteroatoms. The van der Waals surface area contributed by atoms with Gasteiger partial charge in [-0.1, -0.05) is 13.8 Å². The summed E-state index contributed by atoms with van der Waals surface area (Å²) in [6.07, 6.45) is 2.87. The zero-order valence-electron chi connectivity index (χ0n) is 12.0. The summed E-state index contributed by atoms with van der Waals surface area (Å²) in [5.41, 5.74) is 0. The summed E-state index contributed by atoms with van der Waals surface area (Å²) in [7, 11) is -3.59. The molecular formula is C13H21N3O3S. The first-order chi connectivity index (χ1) is 9.33. The van der Waals surface area contributed by atoms with E-state index in [2.05, 4.69) is 15.0 Å². The average molecular weight is 299 g/mol. The number of aromatic nitrogens is 1. The van der Waals surface area contributed by atoms with Gasteiger partial charge in [0.1, 0.15) is 4.90 Å². The monoisotopic (exact) mass is 299 g/mol. The van der Waals surface area contributed by atoms with Crippen LogP contribution in [0.1, 0.15) is 27.2 Å². The fourth-order valence-electron chi connectivity index (χ4n) is 1.38. The van der Waals surface area contributed by atoms with Crippen LogP contribution in [0.3, 0.4) is 0 Å². The number of nitrogens with zero attached hydrogens (tertiary/aromatic N) is 1. The predicted octanol–water partition coefficient (Wildman–Crippen LogP) is 0.911. The van der Waals surface area contributed by atoms with Gasteiger partial charge in [0, 0.05) is 31.4 Å². The van der Waals surface area contributed by atoms with Crippen LogP contribution in [0.4, 0.5) is 0 Å². The summed E-state index contributed by atoms with van der Waals surface area (Å²) < 4.78 is 26.1. The summed E-state index contributed by atoms with van der Waals surface area (Å²) in [6, 6.07) is 3.07. The van der Waals surface area contributed by atoms with Crippen molar-refractivity contribution in [1.29, 1.82) is 0 Å². The van der Waals surface area contributed by atoms with Crippen LogP contribution >= 0.6 is 0 Å². The first-order valence-electron chi connectivity index (χ1n) is 6.52. The molecule has 1 heterocycles. The van der Waals surface area contributed by atoms with Crippen LogP contribution in [0.25, 0.3) is 0 Å². The van der Waals surface area contributed by atoms with Gasteiger partial charge in [0.05, 0.1) is 0 Å². The molecule has 20 heavy (non-hydrogen) atoms. The zero-order valence-corrected chi connectivity index (χ0v) is 12.8. The second-order valence-electron chi connectivity index (χ2n) is 4.94. The summed E-state index contributed by atoms with van der Waals surface area (Å²) in [4.78, 5) is 15.5. The number of amides is 1. The molecule has 0 aliphatic carbocycles. The Morgan fingerprint density at radius 3 is 2.60 bits per heavy atom. The number of hydrogen-bond acceptors (Lipinski definition) is 4. The van der Waals surface area contributed by atoms with Crippen LogP contribution in [0.2, 0.25) is 0 Å². The Labute approximate surface area is 120 Å². The van der Waals surface area contributed by atoms with Crippen LogP contribution in [-0.4, -0.2) is 31.9 Å². The maximum Gasteiger partial charge on any atom is 0.242 e. The van der Waals surface area contributed by atoms with Gasteiger partial charge in [-0.25, -0.2) is 13.1 Å². The molecule has 1 aromatic rings. The minimum atomic E-state index is -3.59. The van der Waals surface area contributed by atoms with Gasteiger partial charge < -0.3 is 5.32 Å². The molecule has 1 aromatic heterocycles. The maximum absolute atomic E-state index is 11.9. The normalized spacial score (nSPS) is 13.2. The Balaban J connectivity index is 2.43. The predicted molar refractivity (Wildman–Crippen MR) is 76.5 cm³/mol. The maximum atomic E-state index is 11.9. The highest BCUT2D eigenvalue weighted by Crippen LogP contribution is 2.05. The molecular weight excluding hydrogens is 278 g/mol. The van der Waals surface area contributed by atoms with Gasteiger partial charge in [0.2, 0.25) is 15.9 Å². The molecule has 0 spiro atoms. The lowest BCUT2D eigenvalue weighted by Crippen LogP contribution is -2.38. The van der Waals surface area contributed by atoms with Crippen LogP contribution in [0, 0.1) is 5.92 Å². The van der Waals surface area contributed by atoms with Gasteiger partial charge in [-0.05, 0) is 25.0 Å². The third kappa shape index (κ3) is 5.26. The van der Waals surface area contributed by atoms with E-state index < -0.39 is 10.0 Å². The number of hydrogen-bond donors (Lipinski definition) is 2. The highest BCUT2D eigenvalue weighted by molar-refractivity contribution is 7.89. The van der Waals surface area contributed by atoms with Crippen LogP contribution < -0.4 is 10.0 Å². The highest BCUT2D eigenvalue weighted by atomic mass is 32.2. The topological polar surface area (TPSA) is 88.2 Å². The van der Waals surface area contributed by atoms with Crippen molar-refractivity contribution < 1.29 is 13.2 Å². The van der Waals surface area contributed by atoms with Gasteiger partial charge in [0.15, 0.2) is 0 Å². The smallest absolute Gasteiger partial charge is 0.242 e. The van der Waals surface area contributed by atoms with Crippen LogP contribution in [0.15, 0.2) is 29.4 Å². The molecule has 0 fully saturated rings. The van der Waals surface area contributed by atoms with Gasteiger partial charge in [-0.15, -0.1) is 0 Å². The summed E-state index contributed by atoms with van der Waals surface area (Å²) in [5.74, 6) is 0.172. The van der Waals surface area contributed by atoms with E-state index >= 15 is 0 Å². The number of nitrogens with one attached hydrogen (secondary N) is 2. The van der Waals surface area contributed by atoms with E-state index in [4.69, 9.17) is 0 Å². The Kier molecular flexibility index (Phi) is 6.09. The van der Waals surface area contributed by atoms with Crippen molar-refractivity contribution in [1.82, 2.24) is 15.0 Å². The van der Waals surface area contributed by atoms with E-state index in [0.29, 0.717) is 5.92 Å². The number of pyridine rings is 1. The van der Waals surface area contributed by atoms with Crippen LogP contribution in [-0.2, 0) is 14.8 Å². The second kappa shape index (κ2) is 7.35. The Hall–Kier alpha value is -1.47. The Bertz CT molecular complexity index is 529. The van der Waals surface area contributed by atoms with Gasteiger partial charge in [-0.2, -0.15) is 0 Å². The van der Waals surface area contributed by atoms with Crippen molar-refractivity contribution >= 4 is 15.9 Å². The molecule has 0 aliphatic heterocycles. The van der Waals surface area contributed by atoms with Gasteiger partial charge in [0.25, 0.3) is 0 Å². The third-order valence-electron chi connectivity index (χ3n) is 2.98. The van der Waals surface area contributed by atoms with E-state index in [0.717, 1.165) is 0 Å². The Morgan fingerprint density at radius 1 is 1.35 bits per heavy atom. The average Bonchev–Trinajstić information content (AvgIpc) is 2.39. The quantitative estimate of drug-likeness (QED) is 0.783. The first-order valence-corrected chi connectivity index (χ1v) is 8.00. The van der Waals surface area contributed by atoms with Crippen molar-refractivity contribution in [3.63, 3.8) is 0 Å². The summed E-state index contributed by atoms with van der Waals surface area (Å²) in [6.45, 7) is 6.00. The van der Waals surface area contributed by atoms with Crippen molar-refractivity contribution in [2.45, 2.75) is 38.1 Å². The molecule has 0 saturated carbocycles. The molecule has 2 N–H and O–H groups in total. The number of rotatable bonds is 7. The highest BCUT2D eigenvalue weighted by Gasteiger charge is 2.15. The third-order valence-corrected chi connectivity index (χ3v) is 4.42. The van der Waals surface area contributed by atoms with Crippen molar-refractivity contribution in [2.24, 2.45) is 5.92 Å². The zero-order chi connectivity index (χ0) is 15.2. The molecule has 0 aromatic carbocycles. The molecule has 6 nitrogen and oxygen atoms in total. The lowest BCUT2D eigenvalue weighted by atomic mass is 10.1. The number of carbonyl (C=O) groups is 1. The lowest BCUT2D eigenvalue weighted by molar-refractivity contribution is -0.121. The minimum absolute atomic E-state index is 0.0634. The molecule has 0 bridgehead atoms. The fraction of sp³-hybridized carbons (Fsp3) is 0.538. The summed E-state index contributed by atoms with van der Waals surface area (Å²) in [5, 5.41) is 2.82. The van der Waals surface area contributed by atoms with Crippen molar-refractivity contribution in [3.05, 3.63) is 24.5 Å². The molecule has 0 unspecified atom stereocenters.